The molecular formula is C28H39N4O7P. The van der Waals surface area contributed by atoms with Crippen molar-refractivity contribution in [1.82, 2.24) is 14.2 Å². The summed E-state index contributed by atoms with van der Waals surface area (Å²) >= 11 is 0. The molecule has 0 spiro atoms. The van der Waals surface area contributed by atoms with Gasteiger partial charge in [-0.15, -0.1) is 0 Å². The van der Waals surface area contributed by atoms with Crippen LogP contribution in [0.3, 0.4) is 0 Å². The van der Waals surface area contributed by atoms with Gasteiger partial charge in [0, 0.05) is 36.7 Å². The first-order valence-corrected chi connectivity index (χ1v) is 15.0. The van der Waals surface area contributed by atoms with Crippen molar-refractivity contribution in [3.8, 4) is 11.5 Å². The molecule has 5 rings (SSSR count). The average molecular weight is 575 g/mol. The Bertz CT molecular complexity index is 1290. The number of nitrogens with one attached hydrogen (secondary N) is 1. The Morgan fingerprint density at radius 2 is 2.08 bits per heavy atom. The molecule has 12 heteroatoms. The number of carbonyl (C=O) groups is 1. The molecule has 11 nitrogen and oxygen atoms in total. The third-order valence-corrected chi connectivity index (χ3v) is 9.89. The van der Waals surface area contributed by atoms with Crippen LogP contribution >= 0.6 is 8.53 Å². The number of anilines is 1. The van der Waals surface area contributed by atoms with Crippen LogP contribution < -0.4 is 20.5 Å². The molecule has 3 aliphatic heterocycles. The lowest BCUT2D eigenvalue weighted by atomic mass is 9.86. The maximum atomic E-state index is 12.9. The van der Waals surface area contributed by atoms with Gasteiger partial charge in [0.1, 0.15) is 29.1 Å². The highest BCUT2D eigenvalue weighted by molar-refractivity contribution is 7.45. The minimum absolute atomic E-state index is 0.152. The largest absolute Gasteiger partial charge is 0.497 e. The zero-order valence-corrected chi connectivity index (χ0v) is 24.9. The summed E-state index contributed by atoms with van der Waals surface area (Å²) in [5.41, 5.74) is -0.128. The number of ether oxygens (including phenoxy) is 3. The molecule has 3 fully saturated rings. The van der Waals surface area contributed by atoms with E-state index in [2.05, 4.69) is 21.9 Å². The second-order valence-electron chi connectivity index (χ2n) is 10.9. The number of amides is 1. The smallest absolute Gasteiger partial charge is 0.351 e. The van der Waals surface area contributed by atoms with Gasteiger partial charge in [0.25, 0.3) is 8.53 Å². The third-order valence-electron chi connectivity index (χ3n) is 8.01. The molecule has 40 heavy (non-hydrogen) atoms. The monoisotopic (exact) mass is 574 g/mol. The summed E-state index contributed by atoms with van der Waals surface area (Å²) < 4.78 is 34.7. The normalized spacial score (nSPS) is 30.0. The number of aromatic nitrogens is 2. The molecule has 2 aromatic rings. The molecule has 0 saturated carbocycles. The van der Waals surface area contributed by atoms with E-state index in [0.717, 1.165) is 42.9 Å². The van der Waals surface area contributed by atoms with Crippen LogP contribution in [0, 0.1) is 5.92 Å². The van der Waals surface area contributed by atoms with Crippen molar-refractivity contribution >= 4 is 20.3 Å². The summed E-state index contributed by atoms with van der Waals surface area (Å²) in [6.45, 7) is 8.62. The Morgan fingerprint density at radius 3 is 2.75 bits per heavy atom. The van der Waals surface area contributed by atoms with E-state index < -0.39 is 26.0 Å². The van der Waals surface area contributed by atoms with Gasteiger partial charge in [-0.25, -0.2) is 9.46 Å². The van der Waals surface area contributed by atoms with E-state index in [0.29, 0.717) is 6.42 Å². The van der Waals surface area contributed by atoms with Crippen molar-refractivity contribution in [2.75, 3.05) is 26.1 Å². The van der Waals surface area contributed by atoms with Gasteiger partial charge in [-0.05, 0) is 44.4 Å². The molecule has 1 amide bonds. The Hall–Kier alpha value is -2.56. The van der Waals surface area contributed by atoms with Gasteiger partial charge in [-0.1, -0.05) is 20.8 Å². The Balaban J connectivity index is 1.33. The van der Waals surface area contributed by atoms with Gasteiger partial charge in [0.15, 0.2) is 0 Å². The fraction of sp³-hybridized carbons (Fsp3) is 0.607. The fourth-order valence-electron chi connectivity index (χ4n) is 5.73. The Labute approximate surface area is 236 Å². The first-order valence-electron chi connectivity index (χ1n) is 13.9. The van der Waals surface area contributed by atoms with Crippen LogP contribution in [0.5, 0.6) is 11.5 Å². The molecule has 0 bridgehead atoms. The highest BCUT2D eigenvalue weighted by Gasteiger charge is 2.57. The maximum absolute atomic E-state index is 12.9. The number of nitrogens with zero attached hydrogens (tertiary/aromatic N) is 3. The lowest BCUT2D eigenvalue weighted by Crippen LogP contribution is -2.37. The summed E-state index contributed by atoms with van der Waals surface area (Å²) in [6, 6.07) is 7.61. The van der Waals surface area contributed by atoms with Crippen molar-refractivity contribution in [2.45, 2.75) is 83.5 Å². The standard InChI is InChI=1S/C28H39N4O7P/c1-7-20-22(16-25(37-20)31-14-12-24(30-27(31)34)29-26(33)17(2)3)38-40-32-13-8-9-23(32)28(4,39-40)19-11-10-18(35-5)15-21(19)36-6/h10-12,14-15,17,20,22-23,25H,7-9,13,16H2,1-6H3,(H,29,30,33,34)/t20-,22-,23+,25-,28-,40+/m1/s1. The zero-order chi connectivity index (χ0) is 28.6. The van der Waals surface area contributed by atoms with Crippen molar-refractivity contribution in [2.24, 2.45) is 5.92 Å². The van der Waals surface area contributed by atoms with Gasteiger partial charge in [-0.2, -0.15) is 4.98 Å². The van der Waals surface area contributed by atoms with E-state index in [9.17, 15) is 9.59 Å². The molecule has 218 valence electrons. The van der Waals surface area contributed by atoms with Crippen molar-refractivity contribution in [3.05, 3.63) is 46.5 Å². The van der Waals surface area contributed by atoms with Crippen LogP contribution in [0.1, 0.15) is 65.2 Å². The van der Waals surface area contributed by atoms with Crippen molar-refractivity contribution in [3.63, 3.8) is 0 Å². The van der Waals surface area contributed by atoms with E-state index in [1.165, 1.54) is 4.57 Å². The van der Waals surface area contributed by atoms with Crippen LogP contribution in [0.25, 0.3) is 0 Å². The predicted molar refractivity (Wildman–Crippen MR) is 150 cm³/mol. The van der Waals surface area contributed by atoms with Crippen LogP contribution in [-0.2, 0) is 24.2 Å². The quantitative estimate of drug-likeness (QED) is 0.430. The second kappa shape index (κ2) is 11.7. The van der Waals surface area contributed by atoms with E-state index in [1.807, 2.05) is 25.1 Å². The molecule has 3 saturated heterocycles. The van der Waals surface area contributed by atoms with Gasteiger partial charge in [0.05, 0.1) is 32.5 Å². The number of carbonyl (C=O) groups excluding carboxylic acids is 1. The molecule has 6 atom stereocenters. The third kappa shape index (κ3) is 5.37. The number of methoxy groups -OCH3 is 2. The number of hydrogen-bond donors (Lipinski definition) is 1. The summed E-state index contributed by atoms with van der Waals surface area (Å²) in [5.74, 6) is 1.27. The van der Waals surface area contributed by atoms with E-state index in [-0.39, 0.29) is 35.9 Å². The molecular weight excluding hydrogens is 535 g/mol. The average Bonchev–Trinajstić information content (AvgIpc) is 3.65. The first kappa shape index (κ1) is 29.0. The van der Waals surface area contributed by atoms with Gasteiger partial charge in [0.2, 0.25) is 5.91 Å². The van der Waals surface area contributed by atoms with E-state index >= 15 is 0 Å². The van der Waals surface area contributed by atoms with Crippen LogP contribution in [0.2, 0.25) is 0 Å². The predicted octanol–water partition coefficient (Wildman–Crippen LogP) is 4.57. The van der Waals surface area contributed by atoms with Crippen LogP contribution in [-0.4, -0.2) is 59.1 Å². The number of hydrogen-bond acceptors (Lipinski definition) is 9. The topological polar surface area (TPSA) is 113 Å². The summed E-state index contributed by atoms with van der Waals surface area (Å²) in [7, 11) is 1.93. The van der Waals surface area contributed by atoms with Crippen molar-refractivity contribution < 1.29 is 28.1 Å². The lowest BCUT2D eigenvalue weighted by molar-refractivity contribution is -0.118. The molecule has 3 aliphatic rings. The van der Waals surface area contributed by atoms with E-state index in [4.69, 9.17) is 23.3 Å². The van der Waals surface area contributed by atoms with Gasteiger partial charge in [-0.3, -0.25) is 9.36 Å². The summed E-state index contributed by atoms with van der Waals surface area (Å²) in [6.07, 6.45) is 3.91. The summed E-state index contributed by atoms with van der Waals surface area (Å²) in [5, 5.41) is 2.67. The molecule has 1 aromatic heterocycles. The van der Waals surface area contributed by atoms with E-state index in [1.54, 1.807) is 40.3 Å². The number of benzene rings is 1. The minimum Gasteiger partial charge on any atom is -0.497 e. The molecule has 0 unspecified atom stereocenters. The molecule has 1 aromatic carbocycles. The van der Waals surface area contributed by atoms with Crippen LogP contribution in [0.4, 0.5) is 5.82 Å². The number of rotatable bonds is 9. The SMILES string of the molecule is CC[C@H]1O[C@@H](n2ccc(NC(=O)C(C)C)nc2=O)C[C@H]1O[P@@]1O[C@](C)(c2ccc(OC)cc2OC)[C@@H]2CCCN21. The van der Waals surface area contributed by atoms with Gasteiger partial charge < -0.3 is 28.6 Å². The molecule has 0 aliphatic carbocycles. The van der Waals surface area contributed by atoms with Crippen molar-refractivity contribution in [1.29, 1.82) is 0 Å². The number of fused-ring (bicyclic) bond motifs is 1. The molecule has 1 N–H and O–H groups in total. The summed E-state index contributed by atoms with van der Waals surface area (Å²) in [4.78, 5) is 28.9. The maximum Gasteiger partial charge on any atom is 0.351 e. The fourth-order valence-corrected chi connectivity index (χ4v) is 7.87. The second-order valence-corrected chi connectivity index (χ2v) is 12.3. The van der Waals surface area contributed by atoms with Crippen LogP contribution in [0.15, 0.2) is 35.3 Å². The lowest BCUT2D eigenvalue weighted by Gasteiger charge is -2.30. The zero-order valence-electron chi connectivity index (χ0n) is 24.0. The highest BCUT2D eigenvalue weighted by Crippen LogP contribution is 2.65. The minimum atomic E-state index is -1.37. The van der Waals surface area contributed by atoms with Gasteiger partial charge >= 0.3 is 5.69 Å². The molecule has 4 heterocycles. The highest BCUT2D eigenvalue weighted by atomic mass is 31.2. The first-order chi connectivity index (χ1) is 19.2. The Morgan fingerprint density at radius 1 is 1.27 bits per heavy atom. The molecule has 0 radical (unpaired) electrons. The Kier molecular flexibility index (Phi) is 8.50.